The van der Waals surface area contributed by atoms with Crippen molar-refractivity contribution in [1.82, 2.24) is 15.2 Å². The van der Waals surface area contributed by atoms with Gasteiger partial charge in [-0.1, -0.05) is 12.1 Å². The SMILES string of the molecule is CNC(=O)C1CCCCN1C(=O)c1cc2ccc(C)cc2nc1C. The maximum atomic E-state index is 13.1. The summed E-state index contributed by atoms with van der Waals surface area (Å²) in [6, 6.07) is 7.53. The second kappa shape index (κ2) is 6.59. The Morgan fingerprint density at radius 2 is 2.00 bits per heavy atom. The van der Waals surface area contributed by atoms with Gasteiger partial charge in [0.15, 0.2) is 0 Å². The van der Waals surface area contributed by atoms with Crippen LogP contribution in [-0.4, -0.2) is 41.3 Å². The number of hydrogen-bond acceptors (Lipinski definition) is 3. The summed E-state index contributed by atoms with van der Waals surface area (Å²) < 4.78 is 0. The van der Waals surface area contributed by atoms with Crippen molar-refractivity contribution in [3.63, 3.8) is 0 Å². The Morgan fingerprint density at radius 3 is 2.75 bits per heavy atom. The molecule has 1 aliphatic rings. The first-order chi connectivity index (χ1) is 11.5. The van der Waals surface area contributed by atoms with Gasteiger partial charge in [-0.25, -0.2) is 0 Å². The molecule has 5 heteroatoms. The number of pyridine rings is 1. The largest absolute Gasteiger partial charge is 0.357 e. The van der Waals surface area contributed by atoms with Gasteiger partial charge in [0.05, 0.1) is 16.8 Å². The minimum Gasteiger partial charge on any atom is -0.357 e. The molecule has 126 valence electrons. The highest BCUT2D eigenvalue weighted by Crippen LogP contribution is 2.23. The number of aromatic nitrogens is 1. The number of rotatable bonds is 2. The molecule has 2 aromatic rings. The summed E-state index contributed by atoms with van der Waals surface area (Å²) in [5, 5.41) is 3.62. The number of amides is 2. The zero-order valence-corrected chi connectivity index (χ0v) is 14.4. The smallest absolute Gasteiger partial charge is 0.256 e. The summed E-state index contributed by atoms with van der Waals surface area (Å²) in [5.41, 5.74) is 3.33. The average molecular weight is 325 g/mol. The lowest BCUT2D eigenvalue weighted by atomic mass is 9.99. The van der Waals surface area contributed by atoms with E-state index in [0.717, 1.165) is 29.3 Å². The van der Waals surface area contributed by atoms with Gasteiger partial charge in [-0.3, -0.25) is 14.6 Å². The fourth-order valence-electron chi connectivity index (χ4n) is 3.36. The van der Waals surface area contributed by atoms with Gasteiger partial charge in [0.2, 0.25) is 5.91 Å². The average Bonchev–Trinajstić information content (AvgIpc) is 2.59. The van der Waals surface area contributed by atoms with Crippen LogP contribution in [0.4, 0.5) is 0 Å². The van der Waals surface area contributed by atoms with Crippen LogP contribution in [0.3, 0.4) is 0 Å². The van der Waals surface area contributed by atoms with E-state index in [4.69, 9.17) is 0 Å². The topological polar surface area (TPSA) is 62.3 Å². The number of carbonyl (C=O) groups is 2. The molecule has 0 radical (unpaired) electrons. The van der Waals surface area contributed by atoms with E-state index in [0.29, 0.717) is 24.2 Å². The van der Waals surface area contributed by atoms with E-state index in [9.17, 15) is 9.59 Å². The van der Waals surface area contributed by atoms with Crippen molar-refractivity contribution in [2.24, 2.45) is 0 Å². The summed E-state index contributed by atoms with van der Waals surface area (Å²) >= 11 is 0. The second-order valence-electron chi connectivity index (χ2n) is 6.44. The Kier molecular flexibility index (Phi) is 4.51. The molecule has 1 unspecified atom stereocenters. The quantitative estimate of drug-likeness (QED) is 0.923. The lowest BCUT2D eigenvalue weighted by Crippen LogP contribution is -2.51. The molecule has 1 aromatic heterocycles. The maximum absolute atomic E-state index is 13.1. The first-order valence-electron chi connectivity index (χ1n) is 8.42. The zero-order valence-electron chi connectivity index (χ0n) is 14.4. The van der Waals surface area contributed by atoms with Gasteiger partial charge in [-0.2, -0.15) is 0 Å². The third-order valence-electron chi connectivity index (χ3n) is 4.71. The van der Waals surface area contributed by atoms with Crippen molar-refractivity contribution in [2.75, 3.05) is 13.6 Å². The van der Waals surface area contributed by atoms with Crippen molar-refractivity contribution in [1.29, 1.82) is 0 Å². The van der Waals surface area contributed by atoms with Crippen LogP contribution in [0.2, 0.25) is 0 Å². The molecule has 0 saturated carbocycles. The van der Waals surface area contributed by atoms with Crippen LogP contribution >= 0.6 is 0 Å². The molecular weight excluding hydrogens is 302 g/mol. The predicted octanol–water partition coefficient (Wildman–Crippen LogP) is 2.59. The molecule has 0 bridgehead atoms. The highest BCUT2D eigenvalue weighted by atomic mass is 16.2. The molecule has 1 aromatic carbocycles. The molecule has 1 saturated heterocycles. The van der Waals surface area contributed by atoms with E-state index in [1.54, 1.807) is 11.9 Å². The van der Waals surface area contributed by atoms with E-state index in [-0.39, 0.29) is 17.9 Å². The van der Waals surface area contributed by atoms with E-state index in [1.807, 2.05) is 38.1 Å². The van der Waals surface area contributed by atoms with Gasteiger partial charge in [-0.05, 0) is 50.8 Å². The Hall–Kier alpha value is -2.43. The van der Waals surface area contributed by atoms with Gasteiger partial charge < -0.3 is 10.2 Å². The fraction of sp³-hybridized carbons (Fsp3) is 0.421. The van der Waals surface area contributed by atoms with Gasteiger partial charge >= 0.3 is 0 Å². The molecule has 1 atom stereocenters. The lowest BCUT2D eigenvalue weighted by Gasteiger charge is -2.34. The van der Waals surface area contributed by atoms with Crippen LogP contribution in [-0.2, 0) is 4.79 Å². The number of aryl methyl sites for hydroxylation is 2. The Balaban J connectivity index is 1.99. The first kappa shape index (κ1) is 16.4. The minimum atomic E-state index is -0.385. The van der Waals surface area contributed by atoms with Gasteiger partial charge in [-0.15, -0.1) is 0 Å². The summed E-state index contributed by atoms with van der Waals surface area (Å²) in [7, 11) is 1.62. The number of piperidine rings is 1. The Bertz CT molecular complexity index is 801. The zero-order chi connectivity index (χ0) is 17.3. The van der Waals surface area contributed by atoms with Crippen molar-refractivity contribution in [3.8, 4) is 0 Å². The van der Waals surface area contributed by atoms with E-state index in [2.05, 4.69) is 10.3 Å². The van der Waals surface area contributed by atoms with Crippen LogP contribution in [0.15, 0.2) is 24.3 Å². The molecule has 24 heavy (non-hydrogen) atoms. The summed E-state index contributed by atoms with van der Waals surface area (Å²) in [6.07, 6.45) is 2.61. The fourth-order valence-corrected chi connectivity index (χ4v) is 3.36. The van der Waals surface area contributed by atoms with Crippen LogP contribution in [0, 0.1) is 13.8 Å². The monoisotopic (exact) mass is 325 g/mol. The van der Waals surface area contributed by atoms with Crippen molar-refractivity contribution in [3.05, 3.63) is 41.1 Å². The van der Waals surface area contributed by atoms with E-state index < -0.39 is 0 Å². The molecular formula is C19H23N3O2. The number of likely N-dealkylation sites (tertiary alicyclic amines) is 1. The van der Waals surface area contributed by atoms with Crippen molar-refractivity contribution < 1.29 is 9.59 Å². The van der Waals surface area contributed by atoms with Crippen molar-refractivity contribution in [2.45, 2.75) is 39.2 Å². The number of carbonyl (C=O) groups excluding carboxylic acids is 2. The van der Waals surface area contributed by atoms with E-state index in [1.165, 1.54) is 0 Å². The van der Waals surface area contributed by atoms with Crippen molar-refractivity contribution >= 4 is 22.7 Å². The number of hydrogen-bond donors (Lipinski definition) is 1. The number of benzene rings is 1. The second-order valence-corrected chi connectivity index (χ2v) is 6.44. The Morgan fingerprint density at radius 1 is 1.21 bits per heavy atom. The maximum Gasteiger partial charge on any atom is 0.256 e. The molecule has 2 heterocycles. The first-order valence-corrected chi connectivity index (χ1v) is 8.42. The minimum absolute atomic E-state index is 0.0925. The number of likely N-dealkylation sites (N-methyl/N-ethyl adjacent to an activating group) is 1. The number of fused-ring (bicyclic) bond motifs is 1. The Labute approximate surface area is 142 Å². The highest BCUT2D eigenvalue weighted by Gasteiger charge is 2.32. The van der Waals surface area contributed by atoms with Crippen LogP contribution in [0.25, 0.3) is 10.9 Å². The third-order valence-corrected chi connectivity index (χ3v) is 4.71. The molecule has 3 rings (SSSR count). The molecule has 1 fully saturated rings. The number of nitrogens with one attached hydrogen (secondary N) is 1. The summed E-state index contributed by atoms with van der Waals surface area (Å²) in [4.78, 5) is 31.5. The van der Waals surface area contributed by atoms with Crippen LogP contribution in [0.5, 0.6) is 0 Å². The normalized spacial score (nSPS) is 17.8. The standard InChI is InChI=1S/C19H23N3O2/c1-12-7-8-14-11-15(13(2)21-16(14)10-12)19(24)22-9-5-4-6-17(22)18(23)20-3/h7-8,10-11,17H,4-6,9H2,1-3H3,(H,20,23). The molecule has 1 N–H and O–H groups in total. The van der Waals surface area contributed by atoms with Gasteiger partial charge in [0, 0.05) is 19.0 Å². The molecule has 1 aliphatic heterocycles. The molecule has 2 amide bonds. The molecule has 0 aliphatic carbocycles. The predicted molar refractivity (Wildman–Crippen MR) is 94.0 cm³/mol. The molecule has 0 spiro atoms. The van der Waals surface area contributed by atoms with Crippen LogP contribution in [0.1, 0.15) is 40.9 Å². The summed E-state index contributed by atoms with van der Waals surface area (Å²) in [5.74, 6) is -0.194. The molecule has 5 nitrogen and oxygen atoms in total. The van der Waals surface area contributed by atoms with Gasteiger partial charge in [0.25, 0.3) is 5.91 Å². The third kappa shape index (κ3) is 2.98. The van der Waals surface area contributed by atoms with E-state index >= 15 is 0 Å². The number of nitrogens with zero attached hydrogens (tertiary/aromatic N) is 2. The van der Waals surface area contributed by atoms with Gasteiger partial charge in [0.1, 0.15) is 6.04 Å². The lowest BCUT2D eigenvalue weighted by molar-refractivity contribution is -0.126. The summed E-state index contributed by atoms with van der Waals surface area (Å²) in [6.45, 7) is 4.49. The highest BCUT2D eigenvalue weighted by molar-refractivity contribution is 6.01. The van der Waals surface area contributed by atoms with Crippen LogP contribution < -0.4 is 5.32 Å².